The molecule has 0 radical (unpaired) electrons. The highest BCUT2D eigenvalue weighted by molar-refractivity contribution is 5.79. The van der Waals surface area contributed by atoms with Crippen molar-refractivity contribution in [3.8, 4) is 0 Å². The zero-order valence-corrected chi connectivity index (χ0v) is 12.5. The smallest absolute Gasteiger partial charge is 0.221 e. The second kappa shape index (κ2) is 7.07. The van der Waals surface area contributed by atoms with Gasteiger partial charge in [0.2, 0.25) is 11.8 Å². The van der Waals surface area contributed by atoms with Crippen LogP contribution in [0.1, 0.15) is 57.8 Å². The van der Waals surface area contributed by atoms with Gasteiger partial charge in [0.15, 0.2) is 0 Å². The molecule has 2 fully saturated rings. The summed E-state index contributed by atoms with van der Waals surface area (Å²) in [5.41, 5.74) is -0.0292. The van der Waals surface area contributed by atoms with Gasteiger partial charge in [-0.3, -0.25) is 9.59 Å². The highest BCUT2D eigenvalue weighted by atomic mass is 16.2. The average molecular weight is 281 g/mol. The average Bonchev–Trinajstić information content (AvgIpc) is 3.23. The van der Waals surface area contributed by atoms with Crippen LogP contribution in [0.2, 0.25) is 0 Å². The predicted octanol–water partition coefficient (Wildman–Crippen LogP) is 1.08. The molecule has 0 aromatic carbocycles. The van der Waals surface area contributed by atoms with Gasteiger partial charge in [0.05, 0.1) is 0 Å². The molecule has 0 spiro atoms. The molecule has 0 bridgehead atoms. The first kappa shape index (κ1) is 15.3. The first-order chi connectivity index (χ1) is 9.63. The summed E-state index contributed by atoms with van der Waals surface area (Å²) in [5, 5.41) is 9.14. The van der Waals surface area contributed by atoms with Crippen LogP contribution in [0.5, 0.6) is 0 Å². The zero-order chi connectivity index (χ0) is 14.4. The number of carbonyl (C=O) groups is 2. The van der Waals surface area contributed by atoms with Gasteiger partial charge in [-0.1, -0.05) is 19.3 Å². The molecule has 5 heteroatoms. The van der Waals surface area contributed by atoms with Crippen LogP contribution < -0.4 is 16.0 Å². The lowest BCUT2D eigenvalue weighted by atomic mass is 9.79. The van der Waals surface area contributed by atoms with Crippen molar-refractivity contribution < 1.29 is 9.59 Å². The molecule has 20 heavy (non-hydrogen) atoms. The minimum atomic E-state index is -0.0292. The molecular weight excluding hydrogens is 254 g/mol. The fourth-order valence-corrected chi connectivity index (χ4v) is 2.96. The molecule has 0 aromatic heterocycles. The Morgan fingerprint density at radius 2 is 1.80 bits per heavy atom. The number of rotatable bonds is 7. The Kier molecular flexibility index (Phi) is 5.40. The van der Waals surface area contributed by atoms with E-state index in [-0.39, 0.29) is 17.4 Å². The first-order valence-corrected chi connectivity index (χ1v) is 7.88. The third-order valence-electron chi connectivity index (χ3n) is 4.46. The van der Waals surface area contributed by atoms with E-state index in [1.165, 1.54) is 19.3 Å². The van der Waals surface area contributed by atoms with Crippen molar-refractivity contribution >= 4 is 11.8 Å². The zero-order valence-electron chi connectivity index (χ0n) is 12.5. The van der Waals surface area contributed by atoms with Gasteiger partial charge in [-0.2, -0.15) is 0 Å². The summed E-state index contributed by atoms with van der Waals surface area (Å²) in [5.74, 6) is 0.106. The fourth-order valence-electron chi connectivity index (χ4n) is 2.96. The molecule has 5 nitrogen and oxygen atoms in total. The van der Waals surface area contributed by atoms with Crippen molar-refractivity contribution in [2.75, 3.05) is 13.6 Å². The molecule has 2 aliphatic carbocycles. The molecule has 0 aliphatic heterocycles. The molecule has 2 aliphatic rings. The van der Waals surface area contributed by atoms with Gasteiger partial charge in [-0.25, -0.2) is 0 Å². The molecular formula is C15H27N3O2. The monoisotopic (exact) mass is 281 g/mol. The third-order valence-corrected chi connectivity index (χ3v) is 4.46. The van der Waals surface area contributed by atoms with E-state index in [2.05, 4.69) is 16.0 Å². The predicted molar refractivity (Wildman–Crippen MR) is 78.3 cm³/mol. The lowest BCUT2D eigenvalue weighted by molar-refractivity contribution is -0.123. The molecule has 3 N–H and O–H groups in total. The summed E-state index contributed by atoms with van der Waals surface area (Å²) in [7, 11) is 1.95. The maximum absolute atomic E-state index is 12.0. The summed E-state index contributed by atoms with van der Waals surface area (Å²) in [4.78, 5) is 23.5. The van der Waals surface area contributed by atoms with Crippen LogP contribution in [0.25, 0.3) is 0 Å². The quantitative estimate of drug-likeness (QED) is 0.654. The molecule has 0 saturated heterocycles. The first-order valence-electron chi connectivity index (χ1n) is 7.88. The molecule has 2 saturated carbocycles. The summed E-state index contributed by atoms with van der Waals surface area (Å²) in [6.45, 7) is 0.442. The number of hydrogen-bond donors (Lipinski definition) is 3. The van der Waals surface area contributed by atoms with Gasteiger partial charge < -0.3 is 16.0 Å². The Bertz CT molecular complexity index is 347. The maximum atomic E-state index is 12.0. The lowest BCUT2D eigenvalue weighted by Crippen LogP contribution is -2.48. The minimum absolute atomic E-state index is 0.0292. The lowest BCUT2D eigenvalue weighted by Gasteiger charge is -2.36. The second-order valence-corrected chi connectivity index (χ2v) is 6.21. The Labute approximate surface area is 121 Å². The van der Waals surface area contributed by atoms with Crippen LogP contribution in [0.15, 0.2) is 0 Å². The van der Waals surface area contributed by atoms with Gasteiger partial charge in [-0.05, 0) is 32.7 Å². The number of hydrogen-bond acceptors (Lipinski definition) is 3. The van der Waals surface area contributed by atoms with E-state index in [0.717, 1.165) is 25.7 Å². The van der Waals surface area contributed by atoms with Crippen molar-refractivity contribution in [2.24, 2.45) is 0 Å². The van der Waals surface area contributed by atoms with E-state index in [1.54, 1.807) is 0 Å². The van der Waals surface area contributed by atoms with Crippen molar-refractivity contribution in [2.45, 2.75) is 69.4 Å². The highest BCUT2D eigenvalue weighted by Crippen LogP contribution is 2.30. The van der Waals surface area contributed by atoms with E-state index in [4.69, 9.17) is 0 Å². The summed E-state index contributed by atoms with van der Waals surface area (Å²) in [6.07, 6.45) is 8.90. The number of nitrogens with one attached hydrogen (secondary N) is 3. The Hall–Kier alpha value is -1.10. The second-order valence-electron chi connectivity index (χ2n) is 6.21. The summed E-state index contributed by atoms with van der Waals surface area (Å²) < 4.78 is 0. The SMILES string of the molecule is CNC1(CC(=O)NCCC(=O)NC2CC2)CCCCC1. The van der Waals surface area contributed by atoms with Crippen molar-refractivity contribution in [3.63, 3.8) is 0 Å². The van der Waals surface area contributed by atoms with E-state index >= 15 is 0 Å². The van der Waals surface area contributed by atoms with Gasteiger partial charge in [0.1, 0.15) is 0 Å². The number of carbonyl (C=O) groups excluding carboxylic acids is 2. The van der Waals surface area contributed by atoms with Crippen LogP contribution in [0.4, 0.5) is 0 Å². The highest BCUT2D eigenvalue weighted by Gasteiger charge is 2.32. The van der Waals surface area contributed by atoms with Gasteiger partial charge in [-0.15, -0.1) is 0 Å². The fraction of sp³-hybridized carbons (Fsp3) is 0.867. The summed E-state index contributed by atoms with van der Waals surface area (Å²) in [6, 6.07) is 0.396. The van der Waals surface area contributed by atoms with E-state index in [9.17, 15) is 9.59 Å². The van der Waals surface area contributed by atoms with E-state index < -0.39 is 0 Å². The van der Waals surface area contributed by atoms with Gasteiger partial charge in [0.25, 0.3) is 0 Å². The number of amides is 2. The van der Waals surface area contributed by atoms with E-state index in [0.29, 0.717) is 25.4 Å². The molecule has 114 valence electrons. The summed E-state index contributed by atoms with van der Waals surface area (Å²) >= 11 is 0. The molecule has 0 atom stereocenters. The maximum Gasteiger partial charge on any atom is 0.221 e. The van der Waals surface area contributed by atoms with Crippen LogP contribution in [-0.4, -0.2) is 37.0 Å². The largest absolute Gasteiger partial charge is 0.356 e. The standard InChI is InChI=1S/C15H27N3O2/c1-16-15(8-3-2-4-9-15)11-14(20)17-10-7-13(19)18-12-5-6-12/h12,16H,2-11H2,1H3,(H,17,20)(H,18,19). The molecule has 2 rings (SSSR count). The Morgan fingerprint density at radius 1 is 1.10 bits per heavy atom. The van der Waals surface area contributed by atoms with Crippen LogP contribution >= 0.6 is 0 Å². The van der Waals surface area contributed by atoms with Crippen molar-refractivity contribution in [3.05, 3.63) is 0 Å². The Balaban J connectivity index is 1.64. The topological polar surface area (TPSA) is 70.2 Å². The third kappa shape index (κ3) is 4.78. The van der Waals surface area contributed by atoms with Crippen LogP contribution in [0, 0.1) is 0 Å². The van der Waals surface area contributed by atoms with Gasteiger partial charge >= 0.3 is 0 Å². The normalized spacial score (nSPS) is 21.2. The van der Waals surface area contributed by atoms with Crippen LogP contribution in [-0.2, 0) is 9.59 Å². The van der Waals surface area contributed by atoms with Crippen molar-refractivity contribution in [1.29, 1.82) is 0 Å². The minimum Gasteiger partial charge on any atom is -0.356 e. The van der Waals surface area contributed by atoms with E-state index in [1.807, 2.05) is 7.05 Å². The molecule has 0 heterocycles. The van der Waals surface area contributed by atoms with Crippen molar-refractivity contribution in [1.82, 2.24) is 16.0 Å². The molecule has 0 unspecified atom stereocenters. The van der Waals surface area contributed by atoms with Gasteiger partial charge in [0, 0.05) is 31.0 Å². The Morgan fingerprint density at radius 3 is 2.40 bits per heavy atom. The molecule has 0 aromatic rings. The van der Waals surface area contributed by atoms with Crippen LogP contribution in [0.3, 0.4) is 0 Å². The molecule has 2 amide bonds.